The number of halogens is 1. The second-order valence-electron chi connectivity index (χ2n) is 4.34. The number of fused-ring (bicyclic) bond motifs is 1. The van der Waals surface area contributed by atoms with Gasteiger partial charge in [-0.25, -0.2) is 4.39 Å². The zero-order valence-corrected chi connectivity index (χ0v) is 10.1. The zero-order chi connectivity index (χ0) is 12.6. The fraction of sp³-hybridized carbons (Fsp3) is 0.308. The van der Waals surface area contributed by atoms with Crippen LogP contribution in [0.2, 0.25) is 0 Å². The first-order chi connectivity index (χ1) is 8.02. The van der Waals surface area contributed by atoms with Crippen LogP contribution in [0.5, 0.6) is 0 Å². The van der Waals surface area contributed by atoms with Gasteiger partial charge in [0.15, 0.2) is 0 Å². The lowest BCUT2D eigenvalue weighted by Gasteiger charge is -2.19. The molecule has 1 atom stereocenters. The van der Waals surface area contributed by atoms with Crippen molar-refractivity contribution in [3.63, 3.8) is 0 Å². The molecule has 0 saturated heterocycles. The van der Waals surface area contributed by atoms with Gasteiger partial charge in [0.1, 0.15) is 5.82 Å². The largest absolute Gasteiger partial charge is 0.298 e. The molecule has 0 unspecified atom stereocenters. The Morgan fingerprint density at radius 2 is 2.06 bits per heavy atom. The molecular formula is C13H15FN2O. The third-order valence-corrected chi connectivity index (χ3v) is 3.03. The van der Waals surface area contributed by atoms with Gasteiger partial charge in [-0.15, -0.1) is 0 Å². The minimum atomic E-state index is -0.369. The van der Waals surface area contributed by atoms with E-state index in [9.17, 15) is 9.18 Å². The summed E-state index contributed by atoms with van der Waals surface area (Å²) in [6.45, 7) is 1.80. The Kier molecular flexibility index (Phi) is 2.98. The third kappa shape index (κ3) is 1.96. The maximum atomic E-state index is 13.7. The lowest BCUT2D eigenvalue weighted by molar-refractivity contribution is 0.0809. The molecule has 0 radical (unpaired) electrons. The maximum Gasteiger partial charge on any atom is 0.248 e. The molecule has 4 heteroatoms. The van der Waals surface area contributed by atoms with Crippen molar-refractivity contribution in [3.05, 3.63) is 36.3 Å². The van der Waals surface area contributed by atoms with Gasteiger partial charge in [0.05, 0.1) is 11.6 Å². The molecule has 17 heavy (non-hydrogen) atoms. The lowest BCUT2D eigenvalue weighted by Crippen LogP contribution is -2.36. The Labute approximate surface area is 99.4 Å². The first-order valence-electron chi connectivity index (χ1n) is 5.48. The summed E-state index contributed by atoms with van der Waals surface area (Å²) < 4.78 is 15.1. The van der Waals surface area contributed by atoms with Crippen LogP contribution < -0.4 is 0 Å². The molecule has 0 amide bonds. The van der Waals surface area contributed by atoms with Crippen molar-refractivity contribution in [3.8, 4) is 0 Å². The Balaban J connectivity index is 2.53. The van der Waals surface area contributed by atoms with E-state index in [0.717, 1.165) is 5.39 Å². The van der Waals surface area contributed by atoms with E-state index < -0.39 is 0 Å². The predicted octanol–water partition coefficient (Wildman–Crippen LogP) is 2.37. The van der Waals surface area contributed by atoms with Gasteiger partial charge < -0.3 is 0 Å². The van der Waals surface area contributed by atoms with Crippen LogP contribution in [0, 0.1) is 5.82 Å². The highest BCUT2D eigenvalue weighted by atomic mass is 19.1. The molecule has 0 bridgehead atoms. The average molecular weight is 234 g/mol. The van der Waals surface area contributed by atoms with E-state index in [2.05, 4.69) is 0 Å². The van der Waals surface area contributed by atoms with Crippen LogP contribution in [-0.4, -0.2) is 35.5 Å². The number of hydrogen-bond acceptors (Lipinski definition) is 2. The highest BCUT2D eigenvalue weighted by Gasteiger charge is 2.19. The number of rotatable bonds is 2. The van der Waals surface area contributed by atoms with Gasteiger partial charge in [-0.2, -0.15) is 0 Å². The average Bonchev–Trinajstić information content (AvgIpc) is 2.72. The molecule has 2 aromatic rings. The molecule has 1 aromatic carbocycles. The Hall–Kier alpha value is -1.68. The fourth-order valence-corrected chi connectivity index (χ4v) is 1.76. The summed E-state index contributed by atoms with van der Waals surface area (Å²) in [7, 11) is 3.65. The predicted molar refractivity (Wildman–Crippen MR) is 65.7 cm³/mol. The zero-order valence-electron chi connectivity index (χ0n) is 10.1. The van der Waals surface area contributed by atoms with Crippen molar-refractivity contribution >= 4 is 16.8 Å². The molecule has 0 saturated carbocycles. The van der Waals surface area contributed by atoms with E-state index in [-0.39, 0.29) is 17.8 Å². The van der Waals surface area contributed by atoms with Crippen LogP contribution in [0.25, 0.3) is 10.9 Å². The number of nitrogens with zero attached hydrogens (tertiary/aromatic N) is 2. The van der Waals surface area contributed by atoms with Crippen LogP contribution in [0.15, 0.2) is 30.5 Å². The smallest absolute Gasteiger partial charge is 0.248 e. The van der Waals surface area contributed by atoms with Gasteiger partial charge in [-0.05, 0) is 33.2 Å². The minimum Gasteiger partial charge on any atom is -0.298 e. The normalized spacial score (nSPS) is 13.2. The highest BCUT2D eigenvalue weighted by molar-refractivity contribution is 5.95. The van der Waals surface area contributed by atoms with Crippen LogP contribution >= 0.6 is 0 Å². The monoisotopic (exact) mass is 234 g/mol. The molecule has 1 heterocycles. The second-order valence-corrected chi connectivity index (χ2v) is 4.34. The van der Waals surface area contributed by atoms with E-state index in [1.165, 1.54) is 10.6 Å². The van der Waals surface area contributed by atoms with Gasteiger partial charge in [0, 0.05) is 11.6 Å². The Morgan fingerprint density at radius 3 is 2.71 bits per heavy atom. The van der Waals surface area contributed by atoms with Crippen LogP contribution in [0.3, 0.4) is 0 Å². The Morgan fingerprint density at radius 1 is 1.35 bits per heavy atom. The molecule has 1 aromatic heterocycles. The fourth-order valence-electron chi connectivity index (χ4n) is 1.76. The lowest BCUT2D eigenvalue weighted by atomic mass is 10.2. The number of hydrogen-bond donors (Lipinski definition) is 0. The first kappa shape index (κ1) is 11.8. The van der Waals surface area contributed by atoms with Crippen molar-refractivity contribution in [2.75, 3.05) is 14.1 Å². The Bertz CT molecular complexity index is 560. The van der Waals surface area contributed by atoms with Crippen molar-refractivity contribution in [2.45, 2.75) is 13.0 Å². The van der Waals surface area contributed by atoms with Crippen LogP contribution in [-0.2, 0) is 0 Å². The molecule has 3 nitrogen and oxygen atoms in total. The molecule has 0 aliphatic heterocycles. The third-order valence-electron chi connectivity index (χ3n) is 3.03. The van der Waals surface area contributed by atoms with Gasteiger partial charge in [0.2, 0.25) is 5.91 Å². The maximum absolute atomic E-state index is 13.7. The van der Waals surface area contributed by atoms with Crippen LogP contribution in [0.1, 0.15) is 11.7 Å². The number of likely N-dealkylation sites (N-methyl/N-ethyl adjacent to an activating group) is 1. The summed E-state index contributed by atoms with van der Waals surface area (Å²) in [4.78, 5) is 14.0. The van der Waals surface area contributed by atoms with Crippen molar-refractivity contribution in [2.24, 2.45) is 0 Å². The molecule has 0 fully saturated rings. The summed E-state index contributed by atoms with van der Waals surface area (Å²) in [5.74, 6) is -0.498. The number of benzene rings is 1. The summed E-state index contributed by atoms with van der Waals surface area (Å²) in [6.07, 6.45) is 1.62. The number of aromatic nitrogens is 1. The topological polar surface area (TPSA) is 25.2 Å². The van der Waals surface area contributed by atoms with Crippen molar-refractivity contribution in [1.82, 2.24) is 9.47 Å². The van der Waals surface area contributed by atoms with E-state index in [4.69, 9.17) is 0 Å². The highest BCUT2D eigenvalue weighted by Crippen LogP contribution is 2.19. The number of para-hydroxylation sites is 1. The molecule has 2 rings (SSSR count). The number of carbonyl (C=O) groups is 1. The summed E-state index contributed by atoms with van der Waals surface area (Å²) in [5.41, 5.74) is 0.353. The second kappa shape index (κ2) is 4.30. The molecule has 0 N–H and O–H groups in total. The van der Waals surface area contributed by atoms with Gasteiger partial charge in [0.25, 0.3) is 0 Å². The summed E-state index contributed by atoms with van der Waals surface area (Å²) in [6, 6.07) is 6.26. The summed E-state index contributed by atoms with van der Waals surface area (Å²) >= 11 is 0. The molecule has 0 aliphatic carbocycles. The van der Waals surface area contributed by atoms with E-state index in [1.807, 2.05) is 14.1 Å². The van der Waals surface area contributed by atoms with E-state index in [0.29, 0.717) is 5.52 Å². The molecule has 90 valence electrons. The standard InChI is InChI=1S/C13H15FN2O/c1-9(15(2)3)13(17)16-8-7-10-5-4-6-11(14)12(10)16/h4-9H,1-3H3/t9-/m0/s1. The first-order valence-corrected chi connectivity index (χ1v) is 5.48. The van der Waals surface area contributed by atoms with Crippen LogP contribution in [0.4, 0.5) is 4.39 Å². The SMILES string of the molecule is C[C@@H](C(=O)n1ccc2cccc(F)c21)N(C)C. The summed E-state index contributed by atoms with van der Waals surface area (Å²) in [5, 5.41) is 0.740. The molecule has 0 spiro atoms. The molecular weight excluding hydrogens is 219 g/mol. The van der Waals surface area contributed by atoms with E-state index in [1.54, 1.807) is 36.2 Å². The van der Waals surface area contributed by atoms with Crippen molar-refractivity contribution < 1.29 is 9.18 Å². The van der Waals surface area contributed by atoms with Gasteiger partial charge in [-0.3, -0.25) is 14.3 Å². The molecule has 0 aliphatic rings. The van der Waals surface area contributed by atoms with Crippen molar-refractivity contribution in [1.29, 1.82) is 0 Å². The van der Waals surface area contributed by atoms with Gasteiger partial charge >= 0.3 is 0 Å². The van der Waals surface area contributed by atoms with E-state index >= 15 is 0 Å². The number of carbonyl (C=O) groups excluding carboxylic acids is 1. The van der Waals surface area contributed by atoms with Gasteiger partial charge in [-0.1, -0.05) is 12.1 Å². The minimum absolute atomic E-state index is 0.130. The quantitative estimate of drug-likeness (QED) is 0.797.